The maximum absolute atomic E-state index is 12.2. The van der Waals surface area contributed by atoms with E-state index in [-0.39, 0.29) is 19.0 Å². The largest absolute Gasteiger partial charge is 0.490 e. The Balaban J connectivity index is 2.57. The molecule has 0 radical (unpaired) electrons. The van der Waals surface area contributed by atoms with Crippen molar-refractivity contribution in [2.75, 3.05) is 13.2 Å². The smallest absolute Gasteiger partial charge is 0.178 e. The number of benzene rings is 1. The fourth-order valence-corrected chi connectivity index (χ4v) is 2.54. The molecular weight excluding hydrogens is 295 g/mol. The fraction of sp³-hybridized carbons (Fsp3) is 0.364. The molecule has 1 aromatic rings. The first-order valence-electron chi connectivity index (χ1n) is 4.75. The zero-order valence-corrected chi connectivity index (χ0v) is 10.9. The Labute approximate surface area is 106 Å². The monoisotopic (exact) mass is 304 g/mol. The van der Waals surface area contributed by atoms with Crippen molar-refractivity contribution in [3.8, 4) is 5.75 Å². The zero-order chi connectivity index (χ0) is 11.9. The van der Waals surface area contributed by atoms with Gasteiger partial charge in [-0.3, -0.25) is 4.79 Å². The van der Waals surface area contributed by atoms with Crippen molar-refractivity contribution in [3.05, 3.63) is 27.2 Å². The molecule has 0 fully saturated rings. The summed E-state index contributed by atoms with van der Waals surface area (Å²) in [6.45, 7) is 1.61. The van der Waals surface area contributed by atoms with Crippen LogP contribution in [-0.2, 0) is 0 Å². The summed E-state index contributed by atoms with van der Waals surface area (Å²) in [5.74, 6) is 0.361. The highest BCUT2D eigenvalue weighted by Gasteiger charge is 2.40. The van der Waals surface area contributed by atoms with E-state index in [2.05, 4.69) is 15.9 Å². The Morgan fingerprint density at radius 2 is 2.31 bits per heavy atom. The molecule has 0 bridgehead atoms. The number of carbonyl (C=O) groups excluding carboxylic acids is 1. The predicted molar refractivity (Wildman–Crippen MR) is 64.2 cm³/mol. The maximum Gasteiger partial charge on any atom is 0.178 e. The topological polar surface area (TPSA) is 46.5 Å². The first-order valence-corrected chi connectivity index (χ1v) is 5.92. The number of hydrogen-bond donors (Lipinski definition) is 1. The molecule has 3 nitrogen and oxygen atoms in total. The minimum Gasteiger partial charge on any atom is -0.490 e. The van der Waals surface area contributed by atoms with Crippen molar-refractivity contribution >= 4 is 33.3 Å². The number of ketones is 1. The molecule has 0 saturated carbocycles. The summed E-state index contributed by atoms with van der Waals surface area (Å²) in [6, 6.07) is 3.24. The summed E-state index contributed by atoms with van der Waals surface area (Å²) in [5, 5.41) is 9.70. The molecule has 1 aromatic carbocycles. The van der Waals surface area contributed by atoms with Crippen LogP contribution in [0.1, 0.15) is 17.3 Å². The summed E-state index contributed by atoms with van der Waals surface area (Å²) < 4.78 is 6.16. The second kappa shape index (κ2) is 4.02. The van der Waals surface area contributed by atoms with E-state index in [4.69, 9.17) is 16.3 Å². The van der Waals surface area contributed by atoms with Gasteiger partial charge in [-0.25, -0.2) is 0 Å². The summed E-state index contributed by atoms with van der Waals surface area (Å²) in [7, 11) is 0. The quantitative estimate of drug-likeness (QED) is 0.867. The molecule has 0 amide bonds. The molecule has 1 N–H and O–H groups in total. The van der Waals surface area contributed by atoms with Crippen molar-refractivity contribution in [3.63, 3.8) is 0 Å². The van der Waals surface area contributed by atoms with Gasteiger partial charge in [-0.1, -0.05) is 11.6 Å². The van der Waals surface area contributed by atoms with Crippen LogP contribution in [-0.4, -0.2) is 24.1 Å². The number of rotatable bonds is 1. The number of ether oxygens (including phenoxy) is 1. The van der Waals surface area contributed by atoms with E-state index < -0.39 is 5.41 Å². The van der Waals surface area contributed by atoms with Crippen LogP contribution >= 0.6 is 27.5 Å². The van der Waals surface area contributed by atoms with E-state index in [0.717, 1.165) is 0 Å². The molecule has 1 aliphatic rings. The van der Waals surface area contributed by atoms with Crippen molar-refractivity contribution in [2.24, 2.45) is 5.41 Å². The lowest BCUT2D eigenvalue weighted by Gasteiger charge is -2.32. The van der Waals surface area contributed by atoms with Gasteiger partial charge in [-0.05, 0) is 35.0 Å². The first kappa shape index (κ1) is 11.9. The summed E-state index contributed by atoms with van der Waals surface area (Å²) in [5.41, 5.74) is -0.459. The van der Waals surface area contributed by atoms with Gasteiger partial charge in [0.05, 0.1) is 22.1 Å². The third-order valence-electron chi connectivity index (χ3n) is 2.69. The van der Waals surface area contributed by atoms with E-state index in [1.807, 2.05) is 0 Å². The van der Waals surface area contributed by atoms with E-state index in [9.17, 15) is 9.90 Å². The number of fused-ring (bicyclic) bond motifs is 1. The highest BCUT2D eigenvalue weighted by atomic mass is 79.9. The van der Waals surface area contributed by atoms with Crippen molar-refractivity contribution < 1.29 is 14.6 Å². The Hall–Kier alpha value is -0.580. The van der Waals surface area contributed by atoms with Gasteiger partial charge in [0.15, 0.2) is 5.78 Å². The summed E-state index contributed by atoms with van der Waals surface area (Å²) >= 11 is 9.18. The SMILES string of the molecule is CC1(CO)COc2c(Br)cc(Cl)cc2C1=O. The van der Waals surface area contributed by atoms with Crippen LogP contribution in [0.3, 0.4) is 0 Å². The predicted octanol–water partition coefficient (Wildman–Crippen LogP) is 2.68. The molecule has 86 valence electrons. The summed E-state index contributed by atoms with van der Waals surface area (Å²) in [6.07, 6.45) is 0. The minimum atomic E-state index is -0.878. The van der Waals surface area contributed by atoms with Gasteiger partial charge in [0.2, 0.25) is 0 Å². The van der Waals surface area contributed by atoms with Gasteiger partial charge in [-0.15, -0.1) is 0 Å². The van der Waals surface area contributed by atoms with E-state index >= 15 is 0 Å². The van der Waals surface area contributed by atoms with E-state index in [0.29, 0.717) is 20.8 Å². The lowest BCUT2D eigenvalue weighted by atomic mass is 9.82. The van der Waals surface area contributed by atoms with Crippen molar-refractivity contribution in [2.45, 2.75) is 6.92 Å². The fourth-order valence-electron chi connectivity index (χ4n) is 1.62. The number of aliphatic hydroxyl groups excluding tert-OH is 1. The second-order valence-corrected chi connectivity index (χ2v) is 5.39. The van der Waals surface area contributed by atoms with Gasteiger partial charge in [-0.2, -0.15) is 0 Å². The number of hydrogen-bond acceptors (Lipinski definition) is 3. The zero-order valence-electron chi connectivity index (χ0n) is 8.59. The number of carbonyl (C=O) groups is 1. The molecule has 1 atom stereocenters. The summed E-state index contributed by atoms with van der Waals surface area (Å²) in [4.78, 5) is 12.2. The molecular formula is C11H10BrClO3. The Morgan fingerprint density at radius 3 is 2.94 bits per heavy atom. The van der Waals surface area contributed by atoms with Crippen LogP contribution < -0.4 is 4.74 Å². The Morgan fingerprint density at radius 1 is 1.62 bits per heavy atom. The third-order valence-corrected chi connectivity index (χ3v) is 3.49. The van der Waals surface area contributed by atoms with Crippen LogP contribution in [0.25, 0.3) is 0 Å². The average Bonchev–Trinajstić information content (AvgIpc) is 2.24. The van der Waals surface area contributed by atoms with Crippen LogP contribution in [0.5, 0.6) is 5.75 Å². The van der Waals surface area contributed by atoms with Gasteiger partial charge >= 0.3 is 0 Å². The normalized spacial score (nSPS) is 23.9. The lowest BCUT2D eigenvalue weighted by molar-refractivity contribution is 0.0452. The molecule has 0 spiro atoms. The molecule has 1 unspecified atom stereocenters. The molecule has 0 saturated heterocycles. The molecule has 0 aromatic heterocycles. The molecule has 16 heavy (non-hydrogen) atoms. The highest BCUT2D eigenvalue weighted by Crippen LogP contribution is 2.40. The maximum atomic E-state index is 12.2. The highest BCUT2D eigenvalue weighted by molar-refractivity contribution is 9.10. The van der Waals surface area contributed by atoms with Gasteiger partial charge in [0.1, 0.15) is 12.4 Å². The minimum absolute atomic E-state index is 0.139. The van der Waals surface area contributed by atoms with Crippen LogP contribution in [0, 0.1) is 5.41 Å². The number of Topliss-reactive ketones (excluding diaryl/α,β-unsaturated/α-hetero) is 1. The Bertz CT molecular complexity index is 461. The second-order valence-electron chi connectivity index (χ2n) is 4.10. The van der Waals surface area contributed by atoms with Crippen molar-refractivity contribution in [1.29, 1.82) is 0 Å². The van der Waals surface area contributed by atoms with Crippen LogP contribution in [0.15, 0.2) is 16.6 Å². The molecule has 0 aliphatic carbocycles. The van der Waals surface area contributed by atoms with Gasteiger partial charge in [0, 0.05) is 5.02 Å². The van der Waals surface area contributed by atoms with E-state index in [1.54, 1.807) is 19.1 Å². The standard InChI is InChI=1S/C11H10BrClO3/c1-11(4-14)5-16-9-7(10(11)15)2-6(13)3-8(9)12/h2-3,14H,4-5H2,1H3. The Kier molecular flexibility index (Phi) is 2.99. The molecule has 5 heteroatoms. The molecule has 2 rings (SSSR count). The number of halogens is 2. The van der Waals surface area contributed by atoms with Gasteiger partial charge < -0.3 is 9.84 Å². The van der Waals surface area contributed by atoms with Crippen molar-refractivity contribution in [1.82, 2.24) is 0 Å². The van der Waals surface area contributed by atoms with Gasteiger partial charge in [0.25, 0.3) is 0 Å². The molecule has 1 aliphatic heterocycles. The first-order chi connectivity index (χ1) is 7.48. The molecule has 1 heterocycles. The third kappa shape index (κ3) is 1.75. The van der Waals surface area contributed by atoms with Crippen LogP contribution in [0.4, 0.5) is 0 Å². The van der Waals surface area contributed by atoms with E-state index in [1.165, 1.54) is 0 Å². The lowest BCUT2D eigenvalue weighted by Crippen LogP contribution is -2.41. The average molecular weight is 306 g/mol. The van der Waals surface area contributed by atoms with Crippen LogP contribution in [0.2, 0.25) is 5.02 Å². The number of aliphatic hydroxyl groups is 1.